The zero-order valence-electron chi connectivity index (χ0n) is 14.0. The van der Waals surface area contributed by atoms with E-state index in [9.17, 15) is 18.0 Å². The van der Waals surface area contributed by atoms with Gasteiger partial charge >= 0.3 is 12.1 Å². The van der Waals surface area contributed by atoms with Crippen LogP contribution in [0.25, 0.3) is 10.8 Å². The first-order valence-corrected chi connectivity index (χ1v) is 8.13. The number of halogens is 3. The lowest BCUT2D eigenvalue weighted by Gasteiger charge is -2.22. The minimum atomic E-state index is -4.89. The lowest BCUT2D eigenvalue weighted by Crippen LogP contribution is -2.41. The van der Waals surface area contributed by atoms with Crippen LogP contribution in [-0.4, -0.2) is 18.6 Å². The van der Waals surface area contributed by atoms with Crippen LogP contribution in [0.5, 0.6) is 0 Å². The van der Waals surface area contributed by atoms with Gasteiger partial charge in [-0.2, -0.15) is 13.2 Å². The van der Waals surface area contributed by atoms with Crippen molar-refractivity contribution >= 4 is 33.7 Å². The predicted octanol–water partition coefficient (Wildman–Crippen LogP) is 5.50. The number of nitrogens with zero attached hydrogens (tertiary/aromatic N) is 1. The maximum atomic E-state index is 12.7. The molecule has 3 rings (SSSR count). The Morgan fingerprint density at radius 3 is 2.27 bits per heavy atom. The molecule has 6 heteroatoms. The standard InChI is InChI=1S/C20H17F3N2O/c1-2-25(19(26)20(21,22)23)16-12-10-15(11-13-16)24-18-9-5-7-14-6-3-4-8-17(14)18/h3-13,24H,2H2,1H3. The molecule has 0 bridgehead atoms. The third-order valence-corrected chi connectivity index (χ3v) is 4.05. The summed E-state index contributed by atoms with van der Waals surface area (Å²) in [6.07, 6.45) is -4.89. The Morgan fingerprint density at radius 1 is 0.962 bits per heavy atom. The lowest BCUT2D eigenvalue weighted by molar-refractivity contribution is -0.170. The number of rotatable bonds is 4. The number of amides is 1. The van der Waals surface area contributed by atoms with Crippen LogP contribution in [0, 0.1) is 0 Å². The summed E-state index contributed by atoms with van der Waals surface area (Å²) >= 11 is 0. The summed E-state index contributed by atoms with van der Waals surface area (Å²) in [5.74, 6) is -1.87. The number of alkyl halides is 3. The van der Waals surface area contributed by atoms with E-state index < -0.39 is 12.1 Å². The highest BCUT2D eigenvalue weighted by Gasteiger charge is 2.42. The second-order valence-electron chi connectivity index (χ2n) is 5.75. The Balaban J connectivity index is 1.84. The van der Waals surface area contributed by atoms with Gasteiger partial charge in [-0.3, -0.25) is 4.79 Å². The summed E-state index contributed by atoms with van der Waals surface area (Å²) < 4.78 is 38.1. The maximum Gasteiger partial charge on any atom is 0.471 e. The number of fused-ring (bicyclic) bond motifs is 1. The van der Waals surface area contributed by atoms with Gasteiger partial charge < -0.3 is 10.2 Å². The fourth-order valence-corrected chi connectivity index (χ4v) is 2.81. The second kappa shape index (κ2) is 7.07. The van der Waals surface area contributed by atoms with Crippen LogP contribution < -0.4 is 10.2 Å². The first-order valence-electron chi connectivity index (χ1n) is 8.13. The van der Waals surface area contributed by atoms with Crippen molar-refractivity contribution in [1.82, 2.24) is 0 Å². The van der Waals surface area contributed by atoms with E-state index in [4.69, 9.17) is 0 Å². The first-order chi connectivity index (χ1) is 12.4. The Bertz CT molecular complexity index is 915. The molecule has 0 aliphatic heterocycles. The molecular weight excluding hydrogens is 341 g/mol. The highest BCUT2D eigenvalue weighted by Crippen LogP contribution is 2.28. The summed E-state index contributed by atoms with van der Waals surface area (Å²) in [7, 11) is 0. The van der Waals surface area contributed by atoms with Crippen molar-refractivity contribution in [3.63, 3.8) is 0 Å². The van der Waals surface area contributed by atoms with Gasteiger partial charge in [-0.1, -0.05) is 36.4 Å². The Hall–Kier alpha value is -3.02. The number of carbonyl (C=O) groups excluding carboxylic acids is 1. The van der Waals surface area contributed by atoms with E-state index >= 15 is 0 Å². The van der Waals surface area contributed by atoms with Crippen LogP contribution in [0.1, 0.15) is 6.92 Å². The fraction of sp³-hybridized carbons (Fsp3) is 0.150. The minimum absolute atomic E-state index is 0.0611. The van der Waals surface area contributed by atoms with Gasteiger partial charge in [0.2, 0.25) is 0 Å². The third-order valence-electron chi connectivity index (χ3n) is 4.05. The second-order valence-corrected chi connectivity index (χ2v) is 5.75. The van der Waals surface area contributed by atoms with Crippen molar-refractivity contribution in [1.29, 1.82) is 0 Å². The van der Waals surface area contributed by atoms with E-state index in [-0.39, 0.29) is 12.2 Å². The van der Waals surface area contributed by atoms with Crippen molar-refractivity contribution in [3.8, 4) is 0 Å². The Morgan fingerprint density at radius 2 is 1.62 bits per heavy atom. The molecule has 1 N–H and O–H groups in total. The summed E-state index contributed by atoms with van der Waals surface area (Å²) in [6.45, 7) is 1.44. The van der Waals surface area contributed by atoms with E-state index in [2.05, 4.69) is 5.32 Å². The van der Waals surface area contributed by atoms with E-state index in [1.807, 2.05) is 42.5 Å². The monoisotopic (exact) mass is 358 g/mol. The molecule has 26 heavy (non-hydrogen) atoms. The molecule has 3 nitrogen and oxygen atoms in total. The van der Waals surface area contributed by atoms with Crippen LogP contribution in [0.4, 0.5) is 30.2 Å². The van der Waals surface area contributed by atoms with Gasteiger partial charge in [0.15, 0.2) is 0 Å². The molecule has 0 saturated heterocycles. The van der Waals surface area contributed by atoms with Crippen LogP contribution in [0.3, 0.4) is 0 Å². The summed E-state index contributed by atoms with van der Waals surface area (Å²) in [5.41, 5.74) is 1.83. The normalized spacial score (nSPS) is 11.4. The molecule has 0 aromatic heterocycles. The van der Waals surface area contributed by atoms with Gasteiger partial charge in [0.1, 0.15) is 0 Å². The van der Waals surface area contributed by atoms with Crippen molar-refractivity contribution in [3.05, 3.63) is 66.7 Å². The zero-order chi connectivity index (χ0) is 18.7. The van der Waals surface area contributed by atoms with Gasteiger partial charge in [0.25, 0.3) is 0 Å². The van der Waals surface area contributed by atoms with Gasteiger partial charge in [0.05, 0.1) is 0 Å². The molecule has 0 aliphatic rings. The minimum Gasteiger partial charge on any atom is -0.355 e. The fourth-order valence-electron chi connectivity index (χ4n) is 2.81. The quantitative estimate of drug-likeness (QED) is 0.668. The molecule has 0 spiro atoms. The van der Waals surface area contributed by atoms with Crippen LogP contribution in [0.15, 0.2) is 66.7 Å². The molecule has 0 heterocycles. The first kappa shape index (κ1) is 17.8. The van der Waals surface area contributed by atoms with Crippen LogP contribution in [-0.2, 0) is 4.79 Å². The van der Waals surface area contributed by atoms with Crippen molar-refractivity contribution < 1.29 is 18.0 Å². The highest BCUT2D eigenvalue weighted by atomic mass is 19.4. The molecule has 0 unspecified atom stereocenters. The molecule has 134 valence electrons. The Labute approximate surface area is 149 Å². The molecular formula is C20H17F3N2O. The number of carbonyl (C=O) groups is 1. The lowest BCUT2D eigenvalue weighted by atomic mass is 10.1. The number of hydrogen-bond donors (Lipinski definition) is 1. The van der Waals surface area contributed by atoms with Gasteiger partial charge in [0, 0.05) is 29.0 Å². The van der Waals surface area contributed by atoms with E-state index in [1.165, 1.54) is 19.1 Å². The molecule has 0 fully saturated rings. The average Bonchev–Trinajstić information content (AvgIpc) is 2.63. The topological polar surface area (TPSA) is 32.3 Å². The third kappa shape index (κ3) is 3.64. The van der Waals surface area contributed by atoms with Gasteiger partial charge in [-0.25, -0.2) is 0 Å². The van der Waals surface area contributed by atoms with Crippen molar-refractivity contribution in [2.75, 3.05) is 16.8 Å². The molecule has 0 saturated carbocycles. The van der Waals surface area contributed by atoms with Gasteiger partial charge in [-0.15, -0.1) is 0 Å². The molecule has 0 radical (unpaired) electrons. The number of benzene rings is 3. The van der Waals surface area contributed by atoms with E-state index in [0.717, 1.165) is 22.1 Å². The number of nitrogens with one attached hydrogen (secondary N) is 1. The molecule has 0 aliphatic carbocycles. The summed E-state index contributed by atoms with van der Waals surface area (Å²) in [6, 6.07) is 20.1. The zero-order valence-corrected chi connectivity index (χ0v) is 14.0. The predicted molar refractivity (Wildman–Crippen MR) is 97.8 cm³/mol. The van der Waals surface area contributed by atoms with E-state index in [0.29, 0.717) is 4.90 Å². The van der Waals surface area contributed by atoms with Crippen molar-refractivity contribution in [2.24, 2.45) is 0 Å². The molecule has 3 aromatic carbocycles. The summed E-state index contributed by atoms with van der Waals surface area (Å²) in [5, 5.41) is 5.39. The van der Waals surface area contributed by atoms with E-state index in [1.54, 1.807) is 12.1 Å². The highest BCUT2D eigenvalue weighted by molar-refractivity contribution is 5.98. The number of anilines is 3. The number of hydrogen-bond acceptors (Lipinski definition) is 2. The average molecular weight is 358 g/mol. The van der Waals surface area contributed by atoms with Gasteiger partial charge in [-0.05, 0) is 42.6 Å². The molecule has 3 aromatic rings. The smallest absolute Gasteiger partial charge is 0.355 e. The van der Waals surface area contributed by atoms with Crippen LogP contribution >= 0.6 is 0 Å². The molecule has 0 atom stereocenters. The SMILES string of the molecule is CCN(C(=O)C(F)(F)F)c1ccc(Nc2cccc3ccccc23)cc1. The summed E-state index contributed by atoms with van der Waals surface area (Å²) in [4.78, 5) is 12.2. The largest absolute Gasteiger partial charge is 0.471 e. The van der Waals surface area contributed by atoms with Crippen molar-refractivity contribution in [2.45, 2.75) is 13.1 Å². The van der Waals surface area contributed by atoms with Crippen LogP contribution in [0.2, 0.25) is 0 Å². The molecule has 1 amide bonds. The maximum absolute atomic E-state index is 12.7. The Kier molecular flexibility index (Phi) is 4.84.